The van der Waals surface area contributed by atoms with Gasteiger partial charge in [-0.1, -0.05) is 6.42 Å². The first kappa shape index (κ1) is 10.0. The zero-order chi connectivity index (χ0) is 8.81. The van der Waals surface area contributed by atoms with Crippen LogP contribution in [0.1, 0.15) is 32.6 Å². The van der Waals surface area contributed by atoms with E-state index in [9.17, 15) is 0 Å². The lowest BCUT2D eigenvalue weighted by Crippen LogP contribution is -2.25. The highest BCUT2D eigenvalue weighted by Crippen LogP contribution is 2.18. The van der Waals surface area contributed by atoms with Crippen LogP contribution in [0.5, 0.6) is 0 Å². The summed E-state index contributed by atoms with van der Waals surface area (Å²) in [6.45, 7) is 4.20. The molecule has 1 aliphatic heterocycles. The summed E-state index contributed by atoms with van der Waals surface area (Å²) in [5.41, 5.74) is 0. The Balaban J connectivity index is 2.20. The van der Waals surface area contributed by atoms with Gasteiger partial charge in [0.25, 0.3) is 0 Å². The number of ether oxygens (including phenoxy) is 1. The zero-order valence-corrected chi connectivity index (χ0v) is 8.31. The summed E-state index contributed by atoms with van der Waals surface area (Å²) in [7, 11) is 2.03. The van der Waals surface area contributed by atoms with Crippen molar-refractivity contribution < 1.29 is 4.74 Å². The summed E-state index contributed by atoms with van der Waals surface area (Å²) in [6.07, 6.45) is 5.22. The lowest BCUT2D eigenvalue weighted by Gasteiger charge is -2.18. The summed E-state index contributed by atoms with van der Waals surface area (Å²) in [5.74, 6) is 0.787. The van der Waals surface area contributed by atoms with Crippen molar-refractivity contribution in [3.8, 4) is 0 Å². The van der Waals surface area contributed by atoms with Crippen molar-refractivity contribution in [2.45, 2.75) is 38.6 Å². The van der Waals surface area contributed by atoms with Gasteiger partial charge in [0, 0.05) is 19.3 Å². The lowest BCUT2D eigenvalue weighted by atomic mass is 9.96. The van der Waals surface area contributed by atoms with E-state index in [0.717, 1.165) is 19.1 Å². The Morgan fingerprint density at radius 1 is 1.50 bits per heavy atom. The highest BCUT2D eigenvalue weighted by atomic mass is 16.5. The maximum absolute atomic E-state index is 5.52. The Bertz CT molecular complexity index is 108. The molecule has 1 heterocycles. The maximum atomic E-state index is 5.52. The molecule has 2 heteroatoms. The summed E-state index contributed by atoms with van der Waals surface area (Å²) in [5, 5.41) is 3.28. The van der Waals surface area contributed by atoms with Crippen LogP contribution in [0.3, 0.4) is 0 Å². The van der Waals surface area contributed by atoms with Gasteiger partial charge in [0.2, 0.25) is 0 Å². The van der Waals surface area contributed by atoms with E-state index in [4.69, 9.17) is 4.74 Å². The second-order valence-electron chi connectivity index (χ2n) is 3.86. The van der Waals surface area contributed by atoms with Crippen molar-refractivity contribution in [2.24, 2.45) is 5.92 Å². The highest BCUT2D eigenvalue weighted by Gasteiger charge is 2.14. The van der Waals surface area contributed by atoms with E-state index in [1.165, 1.54) is 25.7 Å². The normalized spacial score (nSPS) is 28.0. The molecule has 72 valence electrons. The molecular formula is C10H21NO. The van der Waals surface area contributed by atoms with Crippen LogP contribution in [-0.4, -0.2) is 26.3 Å². The molecule has 0 aromatic heterocycles. The summed E-state index contributed by atoms with van der Waals surface area (Å²) >= 11 is 0. The molecule has 1 aliphatic rings. The lowest BCUT2D eigenvalue weighted by molar-refractivity contribution is 0.110. The molecule has 1 N–H and O–H groups in total. The van der Waals surface area contributed by atoms with E-state index >= 15 is 0 Å². The molecule has 1 rings (SSSR count). The van der Waals surface area contributed by atoms with Gasteiger partial charge in [-0.2, -0.15) is 0 Å². The Hall–Kier alpha value is -0.0800. The van der Waals surface area contributed by atoms with E-state index in [-0.39, 0.29) is 0 Å². The molecule has 1 fully saturated rings. The zero-order valence-electron chi connectivity index (χ0n) is 8.31. The molecule has 0 radical (unpaired) electrons. The van der Waals surface area contributed by atoms with Crippen LogP contribution in [0, 0.1) is 5.92 Å². The van der Waals surface area contributed by atoms with Gasteiger partial charge in [-0.15, -0.1) is 0 Å². The van der Waals surface area contributed by atoms with E-state index in [0.29, 0.717) is 6.04 Å². The van der Waals surface area contributed by atoms with Crippen molar-refractivity contribution >= 4 is 0 Å². The summed E-state index contributed by atoms with van der Waals surface area (Å²) in [6, 6.07) is 0.636. The predicted molar refractivity (Wildman–Crippen MR) is 51.3 cm³/mol. The minimum absolute atomic E-state index is 0.636. The van der Waals surface area contributed by atoms with Crippen LogP contribution in [0.2, 0.25) is 0 Å². The molecule has 12 heavy (non-hydrogen) atoms. The van der Waals surface area contributed by atoms with Gasteiger partial charge in [0.05, 0.1) is 0 Å². The van der Waals surface area contributed by atoms with E-state index in [1.54, 1.807) is 0 Å². The fraction of sp³-hybridized carbons (Fsp3) is 1.00. The second kappa shape index (κ2) is 5.55. The van der Waals surface area contributed by atoms with Crippen LogP contribution in [0.15, 0.2) is 0 Å². The molecule has 0 amide bonds. The number of nitrogens with one attached hydrogen (secondary N) is 1. The van der Waals surface area contributed by atoms with Gasteiger partial charge in [0.1, 0.15) is 0 Å². The second-order valence-corrected chi connectivity index (χ2v) is 3.86. The average molecular weight is 171 g/mol. The SMILES string of the molecule is CNC(C)CC1CCCCOC1. The van der Waals surface area contributed by atoms with Crippen LogP contribution >= 0.6 is 0 Å². The summed E-state index contributed by atoms with van der Waals surface area (Å²) in [4.78, 5) is 0. The van der Waals surface area contributed by atoms with Crippen molar-refractivity contribution in [2.75, 3.05) is 20.3 Å². The molecule has 0 saturated carbocycles. The molecule has 0 aromatic carbocycles. The monoisotopic (exact) mass is 171 g/mol. The average Bonchev–Trinajstić information content (AvgIpc) is 2.33. The van der Waals surface area contributed by atoms with Gasteiger partial charge in [-0.3, -0.25) is 0 Å². The van der Waals surface area contributed by atoms with Crippen LogP contribution in [0.25, 0.3) is 0 Å². The topological polar surface area (TPSA) is 21.3 Å². The van der Waals surface area contributed by atoms with Crippen molar-refractivity contribution in [3.63, 3.8) is 0 Å². The number of hydrogen-bond acceptors (Lipinski definition) is 2. The van der Waals surface area contributed by atoms with Gasteiger partial charge < -0.3 is 10.1 Å². The van der Waals surface area contributed by atoms with Gasteiger partial charge in [-0.25, -0.2) is 0 Å². The molecule has 2 atom stereocenters. The fourth-order valence-electron chi connectivity index (χ4n) is 1.77. The Morgan fingerprint density at radius 2 is 2.33 bits per heavy atom. The molecule has 0 aliphatic carbocycles. The van der Waals surface area contributed by atoms with Crippen LogP contribution in [-0.2, 0) is 4.74 Å². The minimum atomic E-state index is 0.636. The largest absolute Gasteiger partial charge is 0.381 e. The minimum Gasteiger partial charge on any atom is -0.381 e. The third-order valence-corrected chi connectivity index (χ3v) is 2.68. The van der Waals surface area contributed by atoms with E-state index in [1.807, 2.05) is 7.05 Å². The Labute approximate surface area is 75.7 Å². The first-order valence-electron chi connectivity index (χ1n) is 5.08. The number of hydrogen-bond donors (Lipinski definition) is 1. The fourth-order valence-corrected chi connectivity index (χ4v) is 1.77. The van der Waals surface area contributed by atoms with Crippen LogP contribution < -0.4 is 5.32 Å². The third kappa shape index (κ3) is 3.55. The van der Waals surface area contributed by atoms with E-state index < -0.39 is 0 Å². The third-order valence-electron chi connectivity index (χ3n) is 2.68. The molecule has 2 nitrogen and oxygen atoms in total. The molecule has 0 aromatic rings. The molecule has 0 bridgehead atoms. The van der Waals surface area contributed by atoms with Gasteiger partial charge in [0.15, 0.2) is 0 Å². The summed E-state index contributed by atoms with van der Waals surface area (Å²) < 4.78 is 5.52. The van der Waals surface area contributed by atoms with Crippen molar-refractivity contribution in [1.29, 1.82) is 0 Å². The molecule has 1 saturated heterocycles. The van der Waals surface area contributed by atoms with E-state index in [2.05, 4.69) is 12.2 Å². The first-order chi connectivity index (χ1) is 5.83. The maximum Gasteiger partial charge on any atom is 0.0494 e. The quantitative estimate of drug-likeness (QED) is 0.699. The first-order valence-corrected chi connectivity index (χ1v) is 5.08. The number of rotatable bonds is 3. The molecular weight excluding hydrogens is 150 g/mol. The van der Waals surface area contributed by atoms with Crippen molar-refractivity contribution in [1.82, 2.24) is 5.32 Å². The molecule has 0 spiro atoms. The van der Waals surface area contributed by atoms with Gasteiger partial charge >= 0.3 is 0 Å². The highest BCUT2D eigenvalue weighted by molar-refractivity contribution is 4.68. The Kier molecular flexibility index (Phi) is 4.62. The smallest absolute Gasteiger partial charge is 0.0494 e. The van der Waals surface area contributed by atoms with Gasteiger partial charge in [-0.05, 0) is 39.2 Å². The Morgan fingerprint density at radius 3 is 3.08 bits per heavy atom. The van der Waals surface area contributed by atoms with Crippen LogP contribution in [0.4, 0.5) is 0 Å². The van der Waals surface area contributed by atoms with Crippen molar-refractivity contribution in [3.05, 3.63) is 0 Å². The predicted octanol–water partition coefficient (Wildman–Crippen LogP) is 1.80. The molecule has 2 unspecified atom stereocenters. The standard InChI is InChI=1S/C10H21NO/c1-9(11-2)7-10-5-3-4-6-12-8-10/h9-11H,3-8H2,1-2H3.